The summed E-state index contributed by atoms with van der Waals surface area (Å²) >= 11 is 0. The Morgan fingerprint density at radius 3 is 2.75 bits per heavy atom. The zero-order chi connectivity index (χ0) is 14.7. The summed E-state index contributed by atoms with van der Waals surface area (Å²) in [4.78, 5) is 12.2. The molecule has 1 fully saturated rings. The van der Waals surface area contributed by atoms with Crippen molar-refractivity contribution in [1.29, 1.82) is 0 Å². The summed E-state index contributed by atoms with van der Waals surface area (Å²) in [6.07, 6.45) is 4.43. The van der Waals surface area contributed by atoms with Gasteiger partial charge in [0.15, 0.2) is 0 Å². The van der Waals surface area contributed by atoms with Crippen LogP contribution < -0.4 is 11.1 Å². The van der Waals surface area contributed by atoms with E-state index in [9.17, 15) is 9.18 Å². The van der Waals surface area contributed by atoms with Crippen molar-refractivity contribution in [3.63, 3.8) is 0 Å². The third-order valence-corrected chi connectivity index (χ3v) is 4.23. The first kappa shape index (κ1) is 14.8. The molecule has 0 aromatic heterocycles. The number of nitrogen functional groups attached to an aromatic ring is 1. The standard InChI is InChI=1S/C16H23FN2O/c1-10(2)12-5-3-4-6-15(12)19-16(20)13-9-11(18)7-8-14(13)17/h7-10,12,15H,3-6,18H2,1-2H3,(H,19,20). The Morgan fingerprint density at radius 1 is 1.35 bits per heavy atom. The minimum Gasteiger partial charge on any atom is -0.399 e. The first-order valence-corrected chi connectivity index (χ1v) is 7.35. The quantitative estimate of drug-likeness (QED) is 0.833. The Morgan fingerprint density at radius 2 is 2.05 bits per heavy atom. The molecule has 1 aromatic carbocycles. The number of nitrogens with two attached hydrogens (primary N) is 1. The topological polar surface area (TPSA) is 55.1 Å². The summed E-state index contributed by atoms with van der Waals surface area (Å²) in [6, 6.07) is 4.24. The molecule has 1 amide bonds. The molecule has 3 N–H and O–H groups in total. The lowest BCUT2D eigenvalue weighted by molar-refractivity contribution is 0.0885. The van der Waals surface area contributed by atoms with Gasteiger partial charge in [-0.05, 0) is 42.9 Å². The number of hydrogen-bond donors (Lipinski definition) is 2. The van der Waals surface area contributed by atoms with Crippen molar-refractivity contribution in [2.75, 3.05) is 5.73 Å². The number of carbonyl (C=O) groups excluding carboxylic acids is 1. The molecule has 1 saturated carbocycles. The van der Waals surface area contributed by atoms with E-state index < -0.39 is 5.82 Å². The fourth-order valence-electron chi connectivity index (χ4n) is 3.10. The normalized spacial score (nSPS) is 22.8. The molecule has 0 saturated heterocycles. The minimum absolute atomic E-state index is 0.0399. The van der Waals surface area contributed by atoms with Crippen LogP contribution >= 0.6 is 0 Å². The van der Waals surface area contributed by atoms with Gasteiger partial charge in [0.05, 0.1) is 5.56 Å². The van der Waals surface area contributed by atoms with Gasteiger partial charge in [0, 0.05) is 11.7 Å². The maximum absolute atomic E-state index is 13.7. The lowest BCUT2D eigenvalue weighted by Crippen LogP contribution is -2.44. The van der Waals surface area contributed by atoms with Crippen LogP contribution in [0.5, 0.6) is 0 Å². The lowest BCUT2D eigenvalue weighted by Gasteiger charge is -2.34. The second-order valence-electron chi connectivity index (χ2n) is 6.01. The molecule has 2 atom stereocenters. The molecule has 0 aliphatic heterocycles. The van der Waals surface area contributed by atoms with Crippen molar-refractivity contribution in [2.45, 2.75) is 45.6 Å². The molecule has 3 nitrogen and oxygen atoms in total. The molecular weight excluding hydrogens is 255 g/mol. The smallest absolute Gasteiger partial charge is 0.254 e. The maximum Gasteiger partial charge on any atom is 0.254 e. The first-order chi connectivity index (χ1) is 9.49. The van der Waals surface area contributed by atoms with Crippen LogP contribution in [0.4, 0.5) is 10.1 Å². The molecule has 2 unspecified atom stereocenters. The van der Waals surface area contributed by atoms with E-state index in [1.54, 1.807) is 0 Å². The highest BCUT2D eigenvalue weighted by atomic mass is 19.1. The van der Waals surface area contributed by atoms with Gasteiger partial charge in [0.1, 0.15) is 5.82 Å². The second-order valence-corrected chi connectivity index (χ2v) is 6.01. The zero-order valence-corrected chi connectivity index (χ0v) is 12.2. The Balaban J connectivity index is 2.11. The minimum atomic E-state index is -0.520. The number of rotatable bonds is 3. The van der Waals surface area contributed by atoms with Gasteiger partial charge < -0.3 is 11.1 Å². The van der Waals surface area contributed by atoms with Crippen LogP contribution in [0.2, 0.25) is 0 Å². The van der Waals surface area contributed by atoms with Crippen LogP contribution in [0.1, 0.15) is 49.9 Å². The summed E-state index contributed by atoms with van der Waals surface area (Å²) in [5, 5.41) is 3.00. The molecular formula is C16H23FN2O. The average Bonchev–Trinajstić information content (AvgIpc) is 2.41. The Labute approximate surface area is 119 Å². The van der Waals surface area contributed by atoms with Gasteiger partial charge in [0.2, 0.25) is 0 Å². The first-order valence-electron chi connectivity index (χ1n) is 7.35. The van der Waals surface area contributed by atoms with Gasteiger partial charge in [-0.15, -0.1) is 0 Å². The fourth-order valence-corrected chi connectivity index (χ4v) is 3.10. The summed E-state index contributed by atoms with van der Waals surface area (Å²) in [6.45, 7) is 4.35. The van der Waals surface area contributed by atoms with Crippen molar-refractivity contribution < 1.29 is 9.18 Å². The highest BCUT2D eigenvalue weighted by Crippen LogP contribution is 2.30. The SMILES string of the molecule is CC(C)C1CCCCC1NC(=O)c1cc(N)ccc1F. The van der Waals surface area contributed by atoms with E-state index in [-0.39, 0.29) is 17.5 Å². The molecule has 0 heterocycles. The number of hydrogen-bond acceptors (Lipinski definition) is 2. The van der Waals surface area contributed by atoms with Gasteiger partial charge in [-0.3, -0.25) is 4.79 Å². The van der Waals surface area contributed by atoms with Crippen molar-refractivity contribution in [3.05, 3.63) is 29.6 Å². The molecule has 0 radical (unpaired) electrons. The number of benzene rings is 1. The monoisotopic (exact) mass is 278 g/mol. The number of nitrogens with one attached hydrogen (secondary N) is 1. The van der Waals surface area contributed by atoms with Crippen LogP contribution in [-0.2, 0) is 0 Å². The van der Waals surface area contributed by atoms with Crippen LogP contribution in [0.3, 0.4) is 0 Å². The number of halogens is 1. The van der Waals surface area contributed by atoms with Gasteiger partial charge in [-0.2, -0.15) is 0 Å². The molecule has 1 aliphatic rings. The number of amides is 1. The van der Waals surface area contributed by atoms with E-state index >= 15 is 0 Å². The zero-order valence-electron chi connectivity index (χ0n) is 12.2. The average molecular weight is 278 g/mol. The van der Waals surface area contributed by atoms with Gasteiger partial charge in [0.25, 0.3) is 5.91 Å². The van der Waals surface area contributed by atoms with Crippen LogP contribution in [0.25, 0.3) is 0 Å². The summed E-state index contributed by atoms with van der Waals surface area (Å²) < 4.78 is 13.7. The van der Waals surface area contributed by atoms with Crippen molar-refractivity contribution in [3.8, 4) is 0 Å². The molecule has 1 aromatic rings. The lowest BCUT2D eigenvalue weighted by atomic mass is 9.78. The highest BCUT2D eigenvalue weighted by molar-refractivity contribution is 5.95. The van der Waals surface area contributed by atoms with Crippen molar-refractivity contribution >= 4 is 11.6 Å². The number of anilines is 1. The summed E-state index contributed by atoms with van der Waals surface area (Å²) in [5.41, 5.74) is 6.07. The van der Waals surface area contributed by atoms with E-state index in [1.807, 2.05) is 0 Å². The Hall–Kier alpha value is -1.58. The third-order valence-electron chi connectivity index (χ3n) is 4.23. The van der Waals surface area contributed by atoms with Gasteiger partial charge in [-0.1, -0.05) is 26.7 Å². The van der Waals surface area contributed by atoms with E-state index in [2.05, 4.69) is 19.2 Å². The van der Waals surface area contributed by atoms with E-state index in [0.29, 0.717) is 17.5 Å². The molecule has 0 spiro atoms. The second kappa shape index (κ2) is 6.25. The predicted octanol–water partition coefficient (Wildman–Crippen LogP) is 3.35. The Bertz CT molecular complexity index is 487. The predicted molar refractivity (Wildman–Crippen MR) is 78.9 cm³/mol. The third kappa shape index (κ3) is 3.30. The molecule has 20 heavy (non-hydrogen) atoms. The summed E-state index contributed by atoms with van der Waals surface area (Å²) in [5.74, 6) is 0.115. The maximum atomic E-state index is 13.7. The van der Waals surface area contributed by atoms with Crippen molar-refractivity contribution in [2.24, 2.45) is 11.8 Å². The van der Waals surface area contributed by atoms with Crippen LogP contribution in [-0.4, -0.2) is 11.9 Å². The van der Waals surface area contributed by atoms with E-state index in [4.69, 9.17) is 5.73 Å². The molecule has 4 heteroatoms. The van der Waals surface area contributed by atoms with Crippen LogP contribution in [0, 0.1) is 17.7 Å². The molecule has 2 rings (SSSR count). The highest BCUT2D eigenvalue weighted by Gasteiger charge is 2.29. The van der Waals surface area contributed by atoms with Gasteiger partial charge in [-0.25, -0.2) is 4.39 Å². The molecule has 110 valence electrons. The van der Waals surface area contributed by atoms with E-state index in [1.165, 1.54) is 24.6 Å². The summed E-state index contributed by atoms with van der Waals surface area (Å²) in [7, 11) is 0. The molecule has 0 bridgehead atoms. The fraction of sp³-hybridized carbons (Fsp3) is 0.562. The Kier molecular flexibility index (Phi) is 4.63. The molecule has 1 aliphatic carbocycles. The van der Waals surface area contributed by atoms with E-state index in [0.717, 1.165) is 19.3 Å². The van der Waals surface area contributed by atoms with Crippen molar-refractivity contribution in [1.82, 2.24) is 5.32 Å². The largest absolute Gasteiger partial charge is 0.399 e. The van der Waals surface area contributed by atoms with Gasteiger partial charge >= 0.3 is 0 Å². The number of carbonyl (C=O) groups is 1. The van der Waals surface area contributed by atoms with Crippen LogP contribution in [0.15, 0.2) is 18.2 Å².